The van der Waals surface area contributed by atoms with Crippen LogP contribution in [0.25, 0.3) is 0 Å². The molecule has 0 spiro atoms. The lowest BCUT2D eigenvalue weighted by Crippen LogP contribution is -2.56. The Bertz CT molecular complexity index is 653. The van der Waals surface area contributed by atoms with Gasteiger partial charge in [-0.1, -0.05) is 5.92 Å². The van der Waals surface area contributed by atoms with E-state index in [1.54, 1.807) is 34.1 Å². The minimum absolute atomic E-state index is 0.0464. The summed E-state index contributed by atoms with van der Waals surface area (Å²) in [5.41, 5.74) is 0.826. The number of terminal acetylenes is 1. The van der Waals surface area contributed by atoms with E-state index in [9.17, 15) is 9.59 Å². The maximum atomic E-state index is 12.7. The standard InChI is InChI=1S/C19H24N2O3/c1-6-15-7-9-16(10-8-15)17(22)21-12-11-20(13-14(21)2)18(23)24-19(3,4)5/h1,7-10,14H,11-13H2,2-5H3. The summed E-state index contributed by atoms with van der Waals surface area (Å²) >= 11 is 0. The van der Waals surface area contributed by atoms with E-state index < -0.39 is 5.60 Å². The lowest BCUT2D eigenvalue weighted by molar-refractivity contribution is 0.00617. The topological polar surface area (TPSA) is 49.9 Å². The summed E-state index contributed by atoms with van der Waals surface area (Å²) in [6, 6.07) is 6.92. The Morgan fingerprint density at radius 3 is 2.33 bits per heavy atom. The highest BCUT2D eigenvalue weighted by atomic mass is 16.6. The van der Waals surface area contributed by atoms with Crippen molar-refractivity contribution in [1.29, 1.82) is 0 Å². The third-order valence-electron chi connectivity index (χ3n) is 3.84. The molecule has 1 heterocycles. The van der Waals surface area contributed by atoms with Gasteiger partial charge < -0.3 is 14.5 Å². The normalized spacial score (nSPS) is 18.0. The van der Waals surface area contributed by atoms with Crippen molar-refractivity contribution < 1.29 is 14.3 Å². The van der Waals surface area contributed by atoms with E-state index in [0.29, 0.717) is 25.2 Å². The number of carbonyl (C=O) groups excluding carboxylic acids is 2. The Hall–Kier alpha value is -2.48. The number of hydrogen-bond acceptors (Lipinski definition) is 3. The zero-order valence-corrected chi connectivity index (χ0v) is 14.7. The first-order valence-corrected chi connectivity index (χ1v) is 8.07. The van der Waals surface area contributed by atoms with Gasteiger partial charge in [0.1, 0.15) is 5.60 Å². The molecule has 24 heavy (non-hydrogen) atoms. The monoisotopic (exact) mass is 328 g/mol. The number of piperazine rings is 1. The fraction of sp³-hybridized carbons (Fsp3) is 0.474. The molecule has 128 valence electrons. The highest BCUT2D eigenvalue weighted by Crippen LogP contribution is 2.17. The van der Waals surface area contributed by atoms with Gasteiger partial charge in [-0.15, -0.1) is 6.42 Å². The first kappa shape index (κ1) is 17.9. The number of carbonyl (C=O) groups is 2. The fourth-order valence-electron chi connectivity index (χ4n) is 2.63. The SMILES string of the molecule is C#Cc1ccc(C(=O)N2CCN(C(=O)OC(C)(C)C)CC2C)cc1. The summed E-state index contributed by atoms with van der Waals surface area (Å²) < 4.78 is 5.40. The van der Waals surface area contributed by atoms with Crippen LogP contribution in [-0.2, 0) is 4.74 Å². The van der Waals surface area contributed by atoms with Crippen molar-refractivity contribution in [2.45, 2.75) is 39.3 Å². The lowest BCUT2D eigenvalue weighted by Gasteiger charge is -2.40. The van der Waals surface area contributed by atoms with Gasteiger partial charge in [0.25, 0.3) is 5.91 Å². The molecule has 0 N–H and O–H groups in total. The number of rotatable bonds is 1. The second-order valence-electron chi connectivity index (χ2n) is 7.00. The minimum atomic E-state index is -0.522. The van der Waals surface area contributed by atoms with Crippen LogP contribution >= 0.6 is 0 Å². The van der Waals surface area contributed by atoms with Gasteiger partial charge in [-0.25, -0.2) is 4.79 Å². The van der Waals surface area contributed by atoms with Crippen LogP contribution in [0.4, 0.5) is 4.79 Å². The Balaban J connectivity index is 2.01. The van der Waals surface area contributed by atoms with Crippen molar-refractivity contribution in [2.75, 3.05) is 19.6 Å². The van der Waals surface area contributed by atoms with Crippen LogP contribution in [0.15, 0.2) is 24.3 Å². The number of nitrogens with zero attached hydrogens (tertiary/aromatic N) is 2. The molecule has 1 fully saturated rings. The van der Waals surface area contributed by atoms with Crippen LogP contribution in [0, 0.1) is 12.3 Å². The first-order valence-electron chi connectivity index (χ1n) is 8.07. The van der Waals surface area contributed by atoms with Gasteiger partial charge in [-0.2, -0.15) is 0 Å². The van der Waals surface area contributed by atoms with Crippen LogP contribution in [0.3, 0.4) is 0 Å². The predicted molar refractivity (Wildman–Crippen MR) is 92.7 cm³/mol. The third-order valence-corrected chi connectivity index (χ3v) is 3.84. The molecule has 1 aromatic rings. The fourth-order valence-corrected chi connectivity index (χ4v) is 2.63. The predicted octanol–water partition coefficient (Wildman–Crippen LogP) is 2.75. The molecular weight excluding hydrogens is 304 g/mol. The van der Waals surface area contributed by atoms with E-state index in [0.717, 1.165) is 5.56 Å². The maximum Gasteiger partial charge on any atom is 0.410 e. The van der Waals surface area contributed by atoms with Crippen LogP contribution in [0.5, 0.6) is 0 Å². The molecule has 0 saturated carbocycles. The Kier molecular flexibility index (Phi) is 5.18. The van der Waals surface area contributed by atoms with Gasteiger partial charge in [0.2, 0.25) is 0 Å². The summed E-state index contributed by atoms with van der Waals surface area (Å²) in [7, 11) is 0. The summed E-state index contributed by atoms with van der Waals surface area (Å²) in [5, 5.41) is 0. The van der Waals surface area contributed by atoms with Crippen LogP contribution in [-0.4, -0.2) is 53.1 Å². The van der Waals surface area contributed by atoms with Crippen LogP contribution in [0.2, 0.25) is 0 Å². The van der Waals surface area contributed by atoms with E-state index in [-0.39, 0.29) is 18.0 Å². The Morgan fingerprint density at radius 1 is 1.21 bits per heavy atom. The maximum absolute atomic E-state index is 12.7. The molecular formula is C19H24N2O3. The highest BCUT2D eigenvalue weighted by molar-refractivity contribution is 5.94. The summed E-state index contributed by atoms with van der Waals surface area (Å²) in [6.45, 7) is 8.87. The van der Waals surface area contributed by atoms with Gasteiger partial charge >= 0.3 is 6.09 Å². The molecule has 1 aliphatic rings. The lowest BCUT2D eigenvalue weighted by atomic mass is 10.1. The molecule has 0 aliphatic carbocycles. The van der Waals surface area contributed by atoms with Gasteiger partial charge in [-0.05, 0) is 52.0 Å². The molecule has 5 heteroatoms. The molecule has 1 atom stereocenters. The molecule has 1 unspecified atom stereocenters. The molecule has 0 bridgehead atoms. The molecule has 1 saturated heterocycles. The van der Waals surface area contributed by atoms with Crippen LogP contribution < -0.4 is 0 Å². The second-order valence-corrected chi connectivity index (χ2v) is 7.00. The largest absolute Gasteiger partial charge is 0.444 e. The quantitative estimate of drug-likeness (QED) is 0.745. The number of hydrogen-bond donors (Lipinski definition) is 0. The average Bonchev–Trinajstić information content (AvgIpc) is 2.52. The smallest absolute Gasteiger partial charge is 0.410 e. The van der Waals surface area contributed by atoms with E-state index >= 15 is 0 Å². The van der Waals surface area contributed by atoms with Gasteiger partial charge in [0.15, 0.2) is 0 Å². The summed E-state index contributed by atoms with van der Waals surface area (Å²) in [6.07, 6.45) is 5.00. The molecule has 0 radical (unpaired) electrons. The second kappa shape index (κ2) is 6.96. The Morgan fingerprint density at radius 2 is 1.83 bits per heavy atom. The zero-order valence-electron chi connectivity index (χ0n) is 14.7. The summed E-state index contributed by atoms with van der Waals surface area (Å²) in [5.74, 6) is 2.49. The molecule has 2 amide bonds. The number of amides is 2. The average molecular weight is 328 g/mol. The van der Waals surface area contributed by atoms with Crippen molar-refractivity contribution in [3.8, 4) is 12.3 Å². The third kappa shape index (κ3) is 4.29. The Labute approximate surface area is 143 Å². The summed E-state index contributed by atoms with van der Waals surface area (Å²) in [4.78, 5) is 28.2. The molecule has 0 aromatic heterocycles. The van der Waals surface area contributed by atoms with Crippen LogP contribution in [0.1, 0.15) is 43.6 Å². The van der Waals surface area contributed by atoms with E-state index in [4.69, 9.17) is 11.2 Å². The highest BCUT2D eigenvalue weighted by Gasteiger charge is 2.32. The molecule has 2 rings (SSSR count). The van der Waals surface area contributed by atoms with Gasteiger partial charge in [0.05, 0.1) is 0 Å². The number of benzene rings is 1. The molecule has 1 aromatic carbocycles. The van der Waals surface area contributed by atoms with Crippen molar-refractivity contribution in [3.63, 3.8) is 0 Å². The molecule has 5 nitrogen and oxygen atoms in total. The van der Waals surface area contributed by atoms with E-state index in [2.05, 4.69) is 5.92 Å². The van der Waals surface area contributed by atoms with E-state index in [1.807, 2.05) is 27.7 Å². The van der Waals surface area contributed by atoms with Gasteiger partial charge in [0, 0.05) is 36.8 Å². The van der Waals surface area contributed by atoms with Crippen molar-refractivity contribution >= 4 is 12.0 Å². The van der Waals surface area contributed by atoms with Crippen molar-refractivity contribution in [2.24, 2.45) is 0 Å². The number of ether oxygens (including phenoxy) is 1. The van der Waals surface area contributed by atoms with Crippen molar-refractivity contribution in [1.82, 2.24) is 9.80 Å². The molecule has 1 aliphatic heterocycles. The van der Waals surface area contributed by atoms with E-state index in [1.165, 1.54) is 0 Å². The minimum Gasteiger partial charge on any atom is -0.444 e. The van der Waals surface area contributed by atoms with Crippen molar-refractivity contribution in [3.05, 3.63) is 35.4 Å². The van der Waals surface area contributed by atoms with Gasteiger partial charge in [-0.3, -0.25) is 4.79 Å². The zero-order chi connectivity index (χ0) is 17.9. The first-order chi connectivity index (χ1) is 11.2.